The van der Waals surface area contributed by atoms with Crippen molar-refractivity contribution in [1.29, 1.82) is 0 Å². The van der Waals surface area contributed by atoms with Crippen LogP contribution in [0.4, 0.5) is 0 Å². The fraction of sp³-hybridized carbons (Fsp3) is 0.750. The zero-order valence-electron chi connectivity index (χ0n) is 10.8. The molecule has 1 aliphatic rings. The third-order valence-corrected chi connectivity index (χ3v) is 2.98. The molecule has 1 saturated carbocycles. The molecule has 100 valence electrons. The van der Waals surface area contributed by atoms with Gasteiger partial charge in [0.15, 0.2) is 0 Å². The van der Waals surface area contributed by atoms with E-state index < -0.39 is 0 Å². The third-order valence-electron chi connectivity index (χ3n) is 2.98. The Labute approximate surface area is 106 Å². The van der Waals surface area contributed by atoms with Crippen molar-refractivity contribution in [2.75, 3.05) is 6.61 Å². The van der Waals surface area contributed by atoms with Crippen LogP contribution in [-0.4, -0.2) is 38.8 Å². The van der Waals surface area contributed by atoms with E-state index in [2.05, 4.69) is 20.5 Å². The SMILES string of the molecule is CC(C)CC(CO)NC(=O)c1n[nH]c(C2CC2)n1. The second kappa shape index (κ2) is 5.48. The summed E-state index contributed by atoms with van der Waals surface area (Å²) in [4.78, 5) is 16.1. The summed E-state index contributed by atoms with van der Waals surface area (Å²) in [6.07, 6.45) is 2.97. The molecular formula is C12H20N4O2. The van der Waals surface area contributed by atoms with Gasteiger partial charge in [-0.25, -0.2) is 4.98 Å². The minimum atomic E-state index is -0.321. The van der Waals surface area contributed by atoms with Crippen LogP contribution in [0.5, 0.6) is 0 Å². The predicted molar refractivity (Wildman–Crippen MR) is 66.2 cm³/mol. The lowest BCUT2D eigenvalue weighted by Gasteiger charge is -2.17. The van der Waals surface area contributed by atoms with Gasteiger partial charge in [-0.15, -0.1) is 5.10 Å². The Bertz CT molecular complexity index is 412. The molecular weight excluding hydrogens is 232 g/mol. The molecule has 1 atom stereocenters. The monoisotopic (exact) mass is 252 g/mol. The van der Waals surface area contributed by atoms with E-state index in [1.54, 1.807) is 0 Å². The Hall–Kier alpha value is -1.43. The van der Waals surface area contributed by atoms with E-state index >= 15 is 0 Å². The third kappa shape index (κ3) is 3.29. The van der Waals surface area contributed by atoms with Crippen molar-refractivity contribution >= 4 is 5.91 Å². The number of aromatic nitrogens is 3. The Morgan fingerprint density at radius 3 is 2.83 bits per heavy atom. The number of aliphatic hydroxyl groups is 1. The fourth-order valence-electron chi connectivity index (χ4n) is 1.91. The first-order chi connectivity index (χ1) is 8.60. The Morgan fingerprint density at radius 2 is 2.28 bits per heavy atom. The van der Waals surface area contributed by atoms with Crippen molar-refractivity contribution in [3.8, 4) is 0 Å². The van der Waals surface area contributed by atoms with Gasteiger partial charge in [-0.2, -0.15) is 0 Å². The van der Waals surface area contributed by atoms with Gasteiger partial charge < -0.3 is 10.4 Å². The van der Waals surface area contributed by atoms with Crippen LogP contribution in [0, 0.1) is 5.92 Å². The van der Waals surface area contributed by atoms with Gasteiger partial charge >= 0.3 is 0 Å². The fourth-order valence-corrected chi connectivity index (χ4v) is 1.91. The molecule has 1 heterocycles. The molecule has 6 heteroatoms. The van der Waals surface area contributed by atoms with Gasteiger partial charge in [0.25, 0.3) is 5.91 Å². The predicted octanol–water partition coefficient (Wildman–Crippen LogP) is 0.819. The molecule has 1 aliphatic carbocycles. The highest BCUT2D eigenvalue weighted by atomic mass is 16.3. The average Bonchev–Trinajstić information content (AvgIpc) is 3.05. The second-order valence-electron chi connectivity index (χ2n) is 5.30. The summed E-state index contributed by atoms with van der Waals surface area (Å²) in [6, 6.07) is -0.236. The molecule has 1 aromatic rings. The quantitative estimate of drug-likeness (QED) is 0.699. The first kappa shape index (κ1) is 13.0. The van der Waals surface area contributed by atoms with Gasteiger partial charge in [0, 0.05) is 5.92 Å². The minimum Gasteiger partial charge on any atom is -0.394 e. The summed E-state index contributed by atoms with van der Waals surface area (Å²) < 4.78 is 0. The Kier molecular flexibility index (Phi) is 3.96. The molecule has 1 unspecified atom stereocenters. The van der Waals surface area contributed by atoms with Gasteiger partial charge in [0.2, 0.25) is 5.82 Å². The number of aliphatic hydroxyl groups excluding tert-OH is 1. The molecule has 3 N–H and O–H groups in total. The maximum absolute atomic E-state index is 11.9. The smallest absolute Gasteiger partial charge is 0.291 e. The number of nitrogens with zero attached hydrogens (tertiary/aromatic N) is 2. The summed E-state index contributed by atoms with van der Waals surface area (Å²) in [6.45, 7) is 4.03. The molecule has 0 bridgehead atoms. The van der Waals surface area contributed by atoms with Crippen molar-refractivity contribution in [3.63, 3.8) is 0 Å². The average molecular weight is 252 g/mol. The van der Waals surface area contributed by atoms with E-state index in [0.717, 1.165) is 25.1 Å². The van der Waals surface area contributed by atoms with Crippen LogP contribution >= 0.6 is 0 Å². The van der Waals surface area contributed by atoms with Crippen molar-refractivity contribution in [2.24, 2.45) is 5.92 Å². The van der Waals surface area contributed by atoms with E-state index in [9.17, 15) is 9.90 Å². The zero-order chi connectivity index (χ0) is 13.1. The minimum absolute atomic E-state index is 0.0656. The van der Waals surface area contributed by atoms with Crippen molar-refractivity contribution in [2.45, 2.75) is 45.1 Å². The number of H-pyrrole nitrogens is 1. The zero-order valence-corrected chi connectivity index (χ0v) is 10.8. The number of rotatable bonds is 6. The molecule has 1 amide bonds. The highest BCUT2D eigenvalue weighted by molar-refractivity contribution is 5.90. The number of carbonyl (C=O) groups is 1. The number of aromatic amines is 1. The molecule has 2 rings (SSSR count). The van der Waals surface area contributed by atoms with Crippen LogP contribution in [0.3, 0.4) is 0 Å². The number of hydrogen-bond donors (Lipinski definition) is 3. The number of hydrogen-bond acceptors (Lipinski definition) is 4. The molecule has 0 radical (unpaired) electrons. The van der Waals surface area contributed by atoms with E-state index in [4.69, 9.17) is 0 Å². The van der Waals surface area contributed by atoms with Crippen molar-refractivity contribution in [1.82, 2.24) is 20.5 Å². The highest BCUT2D eigenvalue weighted by Crippen LogP contribution is 2.37. The molecule has 0 aromatic carbocycles. The topological polar surface area (TPSA) is 90.9 Å². The lowest BCUT2D eigenvalue weighted by atomic mass is 10.0. The summed E-state index contributed by atoms with van der Waals surface area (Å²) in [5, 5.41) is 18.7. The standard InChI is InChI=1S/C12H20N4O2/c1-7(2)5-9(6-17)13-12(18)11-14-10(15-16-11)8-3-4-8/h7-9,17H,3-6H2,1-2H3,(H,13,18)(H,14,15,16). The highest BCUT2D eigenvalue weighted by Gasteiger charge is 2.28. The molecule has 6 nitrogen and oxygen atoms in total. The summed E-state index contributed by atoms with van der Waals surface area (Å²) in [5.74, 6) is 1.50. The molecule has 0 spiro atoms. The largest absolute Gasteiger partial charge is 0.394 e. The molecule has 0 aliphatic heterocycles. The summed E-state index contributed by atoms with van der Waals surface area (Å²) in [7, 11) is 0. The van der Waals surface area contributed by atoms with Crippen LogP contribution in [-0.2, 0) is 0 Å². The van der Waals surface area contributed by atoms with Crippen LogP contribution in [0.2, 0.25) is 0 Å². The summed E-state index contributed by atoms with van der Waals surface area (Å²) >= 11 is 0. The Morgan fingerprint density at radius 1 is 1.56 bits per heavy atom. The normalized spacial score (nSPS) is 16.9. The maximum atomic E-state index is 11.9. The lowest BCUT2D eigenvalue weighted by molar-refractivity contribution is 0.0898. The van der Waals surface area contributed by atoms with Gasteiger partial charge in [-0.1, -0.05) is 13.8 Å². The molecule has 1 aromatic heterocycles. The number of amides is 1. The van der Waals surface area contributed by atoms with Gasteiger partial charge in [-0.3, -0.25) is 9.89 Å². The van der Waals surface area contributed by atoms with E-state index in [0.29, 0.717) is 11.8 Å². The van der Waals surface area contributed by atoms with Gasteiger partial charge in [-0.05, 0) is 25.2 Å². The van der Waals surface area contributed by atoms with Crippen molar-refractivity contribution < 1.29 is 9.90 Å². The lowest BCUT2D eigenvalue weighted by Crippen LogP contribution is -2.38. The van der Waals surface area contributed by atoms with Crippen LogP contribution in [0.15, 0.2) is 0 Å². The first-order valence-electron chi connectivity index (χ1n) is 6.44. The van der Waals surface area contributed by atoms with E-state index in [-0.39, 0.29) is 24.4 Å². The van der Waals surface area contributed by atoms with Gasteiger partial charge in [0.05, 0.1) is 12.6 Å². The van der Waals surface area contributed by atoms with E-state index in [1.807, 2.05) is 13.8 Å². The molecule has 0 saturated heterocycles. The van der Waals surface area contributed by atoms with Crippen LogP contribution < -0.4 is 5.32 Å². The maximum Gasteiger partial charge on any atom is 0.291 e. The van der Waals surface area contributed by atoms with Crippen LogP contribution in [0.25, 0.3) is 0 Å². The summed E-state index contributed by atoms with van der Waals surface area (Å²) in [5.41, 5.74) is 0. The Balaban J connectivity index is 1.92. The number of nitrogens with one attached hydrogen (secondary N) is 2. The second-order valence-corrected chi connectivity index (χ2v) is 5.30. The molecule has 1 fully saturated rings. The number of carbonyl (C=O) groups excluding carboxylic acids is 1. The van der Waals surface area contributed by atoms with E-state index in [1.165, 1.54) is 0 Å². The van der Waals surface area contributed by atoms with Crippen LogP contribution in [0.1, 0.15) is 55.5 Å². The molecule has 18 heavy (non-hydrogen) atoms. The van der Waals surface area contributed by atoms with Gasteiger partial charge in [0.1, 0.15) is 5.82 Å². The first-order valence-corrected chi connectivity index (χ1v) is 6.44. The van der Waals surface area contributed by atoms with Crippen molar-refractivity contribution in [3.05, 3.63) is 11.6 Å².